The summed E-state index contributed by atoms with van der Waals surface area (Å²) in [7, 11) is -3.77. The van der Waals surface area contributed by atoms with E-state index >= 15 is 0 Å². The van der Waals surface area contributed by atoms with Crippen molar-refractivity contribution in [3.05, 3.63) is 58.1 Å². The van der Waals surface area contributed by atoms with E-state index in [4.69, 9.17) is 41.2 Å². The van der Waals surface area contributed by atoms with Gasteiger partial charge in [-0.1, -0.05) is 53.6 Å². The summed E-state index contributed by atoms with van der Waals surface area (Å²) in [6.45, 7) is 0. The van der Waals surface area contributed by atoms with Gasteiger partial charge < -0.3 is 5.73 Å². The highest BCUT2D eigenvalue weighted by atomic mass is 35.5. The minimum Gasteiger partial charge on any atom is -0.389 e. The Bertz CT molecular complexity index is 790. The summed E-state index contributed by atoms with van der Waals surface area (Å²) in [6.07, 6.45) is 0. The Balaban J connectivity index is 2.34. The summed E-state index contributed by atoms with van der Waals surface area (Å²) >= 11 is 16.6. The number of halogens is 2. The Kier molecular flexibility index (Phi) is 4.73. The van der Waals surface area contributed by atoms with Gasteiger partial charge in [-0.15, -0.1) is 0 Å². The molecular formula is C13H10Cl2N2O2S2. The Hall–Kier alpha value is -1.34. The molecule has 8 heteroatoms. The van der Waals surface area contributed by atoms with Crippen LogP contribution < -0.4 is 10.5 Å². The Morgan fingerprint density at radius 2 is 1.71 bits per heavy atom. The fourth-order valence-corrected chi connectivity index (χ4v) is 3.20. The van der Waals surface area contributed by atoms with Crippen molar-refractivity contribution < 1.29 is 8.42 Å². The number of benzene rings is 2. The third kappa shape index (κ3) is 3.65. The molecule has 0 unspecified atom stereocenters. The molecule has 0 aliphatic carbocycles. The second-order valence-electron chi connectivity index (χ2n) is 4.10. The van der Waals surface area contributed by atoms with Crippen molar-refractivity contribution in [3.63, 3.8) is 0 Å². The lowest BCUT2D eigenvalue weighted by Gasteiger charge is -2.10. The van der Waals surface area contributed by atoms with E-state index < -0.39 is 10.0 Å². The van der Waals surface area contributed by atoms with Crippen molar-refractivity contribution in [2.45, 2.75) is 4.90 Å². The van der Waals surface area contributed by atoms with E-state index in [1.807, 2.05) is 0 Å². The molecule has 0 aromatic heterocycles. The van der Waals surface area contributed by atoms with E-state index in [1.54, 1.807) is 12.1 Å². The zero-order valence-electron chi connectivity index (χ0n) is 10.5. The largest absolute Gasteiger partial charge is 0.389 e. The third-order valence-corrected chi connectivity index (χ3v) is 5.08. The number of nitrogens with two attached hydrogens (primary N) is 1. The first-order chi connectivity index (χ1) is 9.81. The number of thiocarbonyl (C=S) groups is 1. The maximum atomic E-state index is 12.3. The average Bonchev–Trinajstić information content (AvgIpc) is 2.44. The van der Waals surface area contributed by atoms with Crippen LogP contribution in [0.2, 0.25) is 10.0 Å². The topological polar surface area (TPSA) is 72.2 Å². The predicted molar refractivity (Wildman–Crippen MR) is 89.6 cm³/mol. The fraction of sp³-hybridized carbons (Fsp3) is 0. The molecule has 0 aliphatic heterocycles. The standard InChI is InChI=1S/C13H10Cl2N2O2S2/c14-10-2-1-3-11(12(10)15)17-21(18,19)9-6-4-8(5-7-9)13(16)20/h1-7,17H,(H2,16,20). The highest BCUT2D eigenvalue weighted by Gasteiger charge is 2.16. The number of hydrogen-bond acceptors (Lipinski definition) is 3. The zero-order chi connectivity index (χ0) is 15.6. The van der Waals surface area contributed by atoms with E-state index in [-0.39, 0.29) is 25.6 Å². The minimum absolute atomic E-state index is 0.0681. The van der Waals surface area contributed by atoms with Gasteiger partial charge >= 0.3 is 0 Å². The monoisotopic (exact) mass is 360 g/mol. The van der Waals surface area contributed by atoms with Crippen molar-refractivity contribution in [2.75, 3.05) is 4.72 Å². The van der Waals surface area contributed by atoms with Crippen LogP contribution in [0.25, 0.3) is 0 Å². The summed E-state index contributed by atoms with van der Waals surface area (Å²) in [5.74, 6) is 0. The molecule has 110 valence electrons. The SMILES string of the molecule is NC(=S)c1ccc(S(=O)(=O)Nc2cccc(Cl)c2Cl)cc1. The molecule has 0 bridgehead atoms. The second-order valence-corrected chi connectivity index (χ2v) is 7.00. The molecule has 21 heavy (non-hydrogen) atoms. The Labute approximate surface area is 137 Å². The van der Waals surface area contributed by atoms with Crippen molar-refractivity contribution in [3.8, 4) is 0 Å². The van der Waals surface area contributed by atoms with E-state index in [0.29, 0.717) is 5.56 Å². The molecule has 0 radical (unpaired) electrons. The molecule has 0 heterocycles. The van der Waals surface area contributed by atoms with Gasteiger partial charge in [0, 0.05) is 5.56 Å². The van der Waals surface area contributed by atoms with Crippen LogP contribution >= 0.6 is 35.4 Å². The minimum atomic E-state index is -3.77. The molecule has 0 atom stereocenters. The smallest absolute Gasteiger partial charge is 0.261 e. The lowest BCUT2D eigenvalue weighted by Crippen LogP contribution is -2.14. The van der Waals surface area contributed by atoms with Gasteiger partial charge in [0.15, 0.2) is 0 Å². The van der Waals surface area contributed by atoms with Gasteiger partial charge in [0.25, 0.3) is 10.0 Å². The van der Waals surface area contributed by atoms with Crippen molar-refractivity contribution in [2.24, 2.45) is 5.73 Å². The predicted octanol–water partition coefficient (Wildman–Crippen LogP) is 3.43. The molecule has 0 spiro atoms. The fourth-order valence-electron chi connectivity index (χ4n) is 1.58. The normalized spacial score (nSPS) is 11.1. The van der Waals surface area contributed by atoms with Gasteiger partial charge in [0.2, 0.25) is 0 Å². The average molecular weight is 361 g/mol. The molecule has 0 saturated carbocycles. The summed E-state index contributed by atoms with van der Waals surface area (Å²) < 4.78 is 26.9. The molecule has 0 aliphatic rings. The lowest BCUT2D eigenvalue weighted by atomic mass is 10.2. The van der Waals surface area contributed by atoms with Crippen molar-refractivity contribution in [1.82, 2.24) is 0 Å². The highest BCUT2D eigenvalue weighted by Crippen LogP contribution is 2.31. The molecule has 2 aromatic rings. The maximum absolute atomic E-state index is 12.3. The summed E-state index contributed by atoms with van der Waals surface area (Å²) in [5, 5.41) is 0.406. The molecule has 2 rings (SSSR count). The van der Waals surface area contributed by atoms with E-state index in [1.165, 1.54) is 30.3 Å². The number of anilines is 1. The summed E-state index contributed by atoms with van der Waals surface area (Å²) in [6, 6.07) is 10.6. The van der Waals surface area contributed by atoms with Crippen molar-refractivity contribution >= 4 is 56.1 Å². The Morgan fingerprint density at radius 3 is 2.29 bits per heavy atom. The zero-order valence-corrected chi connectivity index (χ0v) is 13.7. The van der Waals surface area contributed by atoms with Gasteiger partial charge in [0.05, 0.1) is 20.6 Å². The van der Waals surface area contributed by atoms with Crippen LogP contribution in [0.3, 0.4) is 0 Å². The molecule has 0 saturated heterocycles. The first kappa shape index (κ1) is 16.0. The van der Waals surface area contributed by atoms with Crippen LogP contribution in [0.1, 0.15) is 5.56 Å². The van der Waals surface area contributed by atoms with Crippen LogP contribution in [0.5, 0.6) is 0 Å². The first-order valence-corrected chi connectivity index (χ1v) is 8.33. The van der Waals surface area contributed by atoms with Crippen molar-refractivity contribution in [1.29, 1.82) is 0 Å². The van der Waals surface area contributed by atoms with Crippen LogP contribution in [-0.2, 0) is 10.0 Å². The van der Waals surface area contributed by atoms with E-state index in [2.05, 4.69) is 4.72 Å². The molecule has 0 fully saturated rings. The maximum Gasteiger partial charge on any atom is 0.261 e. The lowest BCUT2D eigenvalue weighted by molar-refractivity contribution is 0.601. The molecule has 0 amide bonds. The van der Waals surface area contributed by atoms with Gasteiger partial charge in [-0.25, -0.2) is 8.42 Å². The van der Waals surface area contributed by atoms with Crippen LogP contribution in [0.4, 0.5) is 5.69 Å². The van der Waals surface area contributed by atoms with Gasteiger partial charge in [-0.05, 0) is 24.3 Å². The number of sulfonamides is 1. The van der Waals surface area contributed by atoms with Crippen LogP contribution in [0, 0.1) is 0 Å². The molecule has 3 N–H and O–H groups in total. The van der Waals surface area contributed by atoms with Crippen LogP contribution in [-0.4, -0.2) is 13.4 Å². The second kappa shape index (κ2) is 6.19. The number of hydrogen-bond donors (Lipinski definition) is 2. The van der Waals surface area contributed by atoms with Crippen LogP contribution in [0.15, 0.2) is 47.4 Å². The first-order valence-electron chi connectivity index (χ1n) is 5.68. The highest BCUT2D eigenvalue weighted by molar-refractivity contribution is 7.92. The number of rotatable bonds is 4. The quantitative estimate of drug-likeness (QED) is 0.819. The molecule has 4 nitrogen and oxygen atoms in total. The van der Waals surface area contributed by atoms with Gasteiger partial charge in [-0.3, -0.25) is 4.72 Å². The summed E-state index contributed by atoms with van der Waals surface area (Å²) in [5.41, 5.74) is 6.27. The Morgan fingerprint density at radius 1 is 1.10 bits per heavy atom. The molecular weight excluding hydrogens is 351 g/mol. The van der Waals surface area contributed by atoms with Gasteiger partial charge in [-0.2, -0.15) is 0 Å². The van der Waals surface area contributed by atoms with E-state index in [0.717, 1.165) is 0 Å². The van der Waals surface area contributed by atoms with Gasteiger partial charge in [0.1, 0.15) is 4.99 Å². The number of nitrogens with one attached hydrogen (secondary N) is 1. The summed E-state index contributed by atoms with van der Waals surface area (Å²) in [4.78, 5) is 0.267. The third-order valence-electron chi connectivity index (χ3n) is 2.65. The van der Waals surface area contributed by atoms with E-state index in [9.17, 15) is 8.42 Å². The molecule has 2 aromatic carbocycles.